The number of carbonyl (C=O) groups is 2. The zero-order valence-corrected chi connectivity index (χ0v) is 15.6. The number of carbonyl (C=O) groups excluding carboxylic acids is 2. The summed E-state index contributed by atoms with van der Waals surface area (Å²) >= 11 is 1.31. The maximum atomic E-state index is 12.6. The molecule has 3 saturated heterocycles. The maximum Gasteiger partial charge on any atom is 0.261 e. The summed E-state index contributed by atoms with van der Waals surface area (Å²) in [4.78, 5) is 27.4. The van der Waals surface area contributed by atoms with Crippen molar-refractivity contribution in [1.82, 2.24) is 10.2 Å². The molecule has 0 unspecified atom stereocenters. The van der Waals surface area contributed by atoms with Gasteiger partial charge >= 0.3 is 0 Å². The number of rotatable bonds is 5. The van der Waals surface area contributed by atoms with E-state index in [0.29, 0.717) is 27.2 Å². The van der Waals surface area contributed by atoms with Crippen molar-refractivity contribution < 1.29 is 14.3 Å². The largest absolute Gasteiger partial charge is 0.446 e. The highest BCUT2D eigenvalue weighted by Gasteiger charge is 2.35. The number of thiophene rings is 1. The molecule has 3 aliphatic rings. The average molecular weight is 370 g/mol. The summed E-state index contributed by atoms with van der Waals surface area (Å²) in [6.45, 7) is 4.79. The van der Waals surface area contributed by atoms with Gasteiger partial charge in [-0.05, 0) is 63.0 Å². The fourth-order valence-corrected chi connectivity index (χ4v) is 4.59. The second-order valence-electron chi connectivity index (χ2n) is 6.99. The highest BCUT2D eigenvalue weighted by Crippen LogP contribution is 2.32. The molecule has 0 radical (unpaired) electrons. The fraction of sp³-hybridized carbons (Fsp3) is 0.400. The van der Waals surface area contributed by atoms with Gasteiger partial charge in [-0.15, -0.1) is 0 Å². The van der Waals surface area contributed by atoms with Gasteiger partial charge in [0.15, 0.2) is 10.8 Å². The van der Waals surface area contributed by atoms with Gasteiger partial charge < -0.3 is 15.0 Å². The lowest BCUT2D eigenvalue weighted by molar-refractivity contribution is 0.0622. The molecule has 5 nitrogen and oxygen atoms in total. The maximum absolute atomic E-state index is 12.6. The van der Waals surface area contributed by atoms with E-state index in [1.807, 2.05) is 12.1 Å². The molecule has 0 aliphatic carbocycles. The molecular formula is C20H22N2O3S. The van der Waals surface area contributed by atoms with Crippen molar-refractivity contribution in [3.8, 4) is 10.8 Å². The topological polar surface area (TPSA) is 58.6 Å². The van der Waals surface area contributed by atoms with Crippen LogP contribution in [0.5, 0.6) is 10.8 Å². The van der Waals surface area contributed by atoms with Gasteiger partial charge in [0.25, 0.3) is 5.91 Å². The van der Waals surface area contributed by atoms with Crippen molar-refractivity contribution in [2.45, 2.75) is 25.8 Å². The van der Waals surface area contributed by atoms with E-state index < -0.39 is 0 Å². The SMILES string of the molecule is CC(=O)c1ccccc1Oc1ccc(C(=O)N[C@H]2CN3CCC2CC3)s1. The van der Waals surface area contributed by atoms with Gasteiger partial charge in [0.05, 0.1) is 10.4 Å². The third-order valence-corrected chi connectivity index (χ3v) is 6.22. The zero-order valence-electron chi connectivity index (χ0n) is 14.7. The van der Waals surface area contributed by atoms with Crippen LogP contribution in [0.4, 0.5) is 0 Å². The van der Waals surface area contributed by atoms with Gasteiger partial charge in [-0.3, -0.25) is 9.59 Å². The number of hydrogen-bond acceptors (Lipinski definition) is 5. The van der Waals surface area contributed by atoms with E-state index in [1.165, 1.54) is 31.1 Å². The first-order valence-electron chi connectivity index (χ1n) is 9.01. The van der Waals surface area contributed by atoms with E-state index in [2.05, 4.69) is 10.2 Å². The van der Waals surface area contributed by atoms with Gasteiger partial charge in [-0.2, -0.15) is 0 Å². The van der Waals surface area contributed by atoms with Gasteiger partial charge in [0, 0.05) is 12.6 Å². The van der Waals surface area contributed by atoms with Gasteiger partial charge in [0.2, 0.25) is 0 Å². The summed E-state index contributed by atoms with van der Waals surface area (Å²) in [6, 6.07) is 11.0. The lowest BCUT2D eigenvalue weighted by Crippen LogP contribution is -2.57. The normalized spacial score (nSPS) is 24.3. The van der Waals surface area contributed by atoms with E-state index in [-0.39, 0.29) is 17.7 Å². The monoisotopic (exact) mass is 370 g/mol. The summed E-state index contributed by atoms with van der Waals surface area (Å²) < 4.78 is 5.85. The predicted octanol–water partition coefficient (Wildman–Crippen LogP) is 3.57. The van der Waals surface area contributed by atoms with Crippen molar-refractivity contribution in [2.75, 3.05) is 19.6 Å². The number of piperidine rings is 3. The Kier molecular flexibility index (Phi) is 4.78. The minimum atomic E-state index is -0.0440. The van der Waals surface area contributed by atoms with Crippen LogP contribution in [0.1, 0.15) is 39.8 Å². The van der Waals surface area contributed by atoms with E-state index in [0.717, 1.165) is 19.6 Å². The minimum absolute atomic E-state index is 0.0385. The Morgan fingerprint density at radius 1 is 1.15 bits per heavy atom. The summed E-state index contributed by atoms with van der Waals surface area (Å²) in [6.07, 6.45) is 2.34. The first-order chi connectivity index (χ1) is 12.6. The number of nitrogens with zero attached hydrogens (tertiary/aromatic N) is 1. The summed E-state index contributed by atoms with van der Waals surface area (Å²) in [5, 5.41) is 3.80. The van der Waals surface area contributed by atoms with Gasteiger partial charge in [0.1, 0.15) is 5.75 Å². The van der Waals surface area contributed by atoms with Crippen molar-refractivity contribution in [3.05, 3.63) is 46.8 Å². The lowest BCUT2D eigenvalue weighted by atomic mass is 9.84. The van der Waals surface area contributed by atoms with Gasteiger partial charge in [-0.1, -0.05) is 23.5 Å². The Morgan fingerprint density at radius 3 is 2.62 bits per heavy atom. The van der Waals surface area contributed by atoms with E-state index >= 15 is 0 Å². The number of Topliss-reactive ketones (excluding diaryl/α,β-unsaturated/α-hetero) is 1. The molecule has 1 atom stereocenters. The molecule has 136 valence electrons. The van der Waals surface area contributed by atoms with Crippen LogP contribution in [0.25, 0.3) is 0 Å². The van der Waals surface area contributed by atoms with Crippen LogP contribution in [0.3, 0.4) is 0 Å². The lowest BCUT2D eigenvalue weighted by Gasteiger charge is -2.44. The molecule has 4 heterocycles. The zero-order chi connectivity index (χ0) is 18.1. The van der Waals surface area contributed by atoms with Gasteiger partial charge in [-0.25, -0.2) is 0 Å². The second-order valence-corrected chi connectivity index (χ2v) is 8.04. The fourth-order valence-electron chi connectivity index (χ4n) is 3.82. The molecule has 6 heteroatoms. The molecule has 0 saturated carbocycles. The number of ketones is 1. The molecule has 2 aromatic rings. The smallest absolute Gasteiger partial charge is 0.261 e. The summed E-state index contributed by atoms with van der Waals surface area (Å²) in [5.41, 5.74) is 0.541. The summed E-state index contributed by atoms with van der Waals surface area (Å²) in [5.74, 6) is 1.04. The molecule has 1 amide bonds. The van der Waals surface area contributed by atoms with Crippen molar-refractivity contribution in [1.29, 1.82) is 0 Å². The van der Waals surface area contributed by atoms with E-state index in [4.69, 9.17) is 4.74 Å². The standard InChI is InChI=1S/C20H22N2O3S/c1-13(23)15-4-2-3-5-17(15)25-19-7-6-18(26-19)20(24)21-16-12-22-10-8-14(16)9-11-22/h2-7,14,16H,8-12H2,1H3,(H,21,24)/t16-/m0/s1. The predicted molar refractivity (Wildman–Crippen MR) is 101 cm³/mol. The van der Waals surface area contributed by atoms with Crippen LogP contribution in [0, 0.1) is 5.92 Å². The molecule has 3 fully saturated rings. The van der Waals surface area contributed by atoms with Crippen LogP contribution in [-0.4, -0.2) is 42.3 Å². The Bertz CT molecular complexity index is 824. The summed E-state index contributed by atoms with van der Waals surface area (Å²) in [7, 11) is 0. The van der Waals surface area contributed by atoms with Crippen molar-refractivity contribution in [2.24, 2.45) is 5.92 Å². The molecule has 26 heavy (non-hydrogen) atoms. The van der Waals surface area contributed by atoms with Crippen LogP contribution in [0.15, 0.2) is 36.4 Å². The molecule has 1 aromatic heterocycles. The number of benzene rings is 1. The molecular weight excluding hydrogens is 348 g/mol. The molecule has 1 aromatic carbocycles. The minimum Gasteiger partial charge on any atom is -0.446 e. The molecule has 1 N–H and O–H groups in total. The Morgan fingerprint density at radius 2 is 1.92 bits per heavy atom. The van der Waals surface area contributed by atoms with E-state index in [9.17, 15) is 9.59 Å². The first kappa shape index (κ1) is 17.2. The third-order valence-electron chi connectivity index (χ3n) is 5.25. The van der Waals surface area contributed by atoms with E-state index in [1.54, 1.807) is 24.3 Å². The highest BCUT2D eigenvalue weighted by molar-refractivity contribution is 7.15. The quantitative estimate of drug-likeness (QED) is 0.818. The Balaban J connectivity index is 1.43. The number of para-hydroxylation sites is 1. The number of ether oxygens (including phenoxy) is 1. The molecule has 0 spiro atoms. The van der Waals surface area contributed by atoms with Crippen LogP contribution in [0.2, 0.25) is 0 Å². The Hall–Kier alpha value is -2.18. The van der Waals surface area contributed by atoms with Crippen LogP contribution < -0.4 is 10.1 Å². The molecule has 2 bridgehead atoms. The highest BCUT2D eigenvalue weighted by atomic mass is 32.1. The van der Waals surface area contributed by atoms with Crippen LogP contribution in [-0.2, 0) is 0 Å². The van der Waals surface area contributed by atoms with Crippen molar-refractivity contribution in [3.63, 3.8) is 0 Å². The van der Waals surface area contributed by atoms with Crippen molar-refractivity contribution >= 4 is 23.0 Å². The number of nitrogens with one attached hydrogen (secondary N) is 1. The number of fused-ring (bicyclic) bond motifs is 3. The third kappa shape index (κ3) is 3.52. The first-order valence-corrected chi connectivity index (χ1v) is 9.82. The molecule has 5 rings (SSSR count). The second kappa shape index (κ2) is 7.21. The average Bonchev–Trinajstić information content (AvgIpc) is 3.12. The number of amides is 1. The van der Waals surface area contributed by atoms with Crippen LogP contribution >= 0.6 is 11.3 Å². The number of hydrogen-bond donors (Lipinski definition) is 1. The Labute approximate surface area is 157 Å². The molecule has 3 aliphatic heterocycles.